The van der Waals surface area contributed by atoms with Gasteiger partial charge in [-0.15, -0.1) is 0 Å². The molecule has 0 aliphatic heterocycles. The van der Waals surface area contributed by atoms with E-state index in [0.717, 1.165) is 0 Å². The third kappa shape index (κ3) is 13.6. The van der Waals surface area contributed by atoms with Gasteiger partial charge in [-0.1, -0.05) is 164 Å². The van der Waals surface area contributed by atoms with E-state index in [9.17, 15) is 0 Å². The van der Waals surface area contributed by atoms with E-state index in [-0.39, 0.29) is 0 Å². The van der Waals surface area contributed by atoms with E-state index >= 15 is 0 Å². The summed E-state index contributed by atoms with van der Waals surface area (Å²) in [7, 11) is -17.7. The predicted octanol–water partition coefficient (Wildman–Crippen LogP) is 13.3. The number of benzene rings is 9. The molecule has 350 valence electrons. The molecule has 0 spiro atoms. The molecular weight excluding hydrogens is 956 g/mol. The quantitative estimate of drug-likeness (QED) is 0.0424. The van der Waals surface area contributed by atoms with Crippen LogP contribution in [0.4, 0.5) is 0 Å². The van der Waals surface area contributed by atoms with E-state index in [4.69, 9.17) is 52.5 Å². The Hall–Kier alpha value is -7.86. The first-order valence-corrected chi connectivity index (χ1v) is 28.0. The van der Waals surface area contributed by atoms with Crippen LogP contribution < -0.4 is 39.8 Å². The van der Waals surface area contributed by atoms with Crippen LogP contribution in [0.25, 0.3) is 0 Å². The fraction of sp³-hybridized carbons (Fsp3) is 0. The minimum Gasteiger partial charge on any atom is -0.462 e. The van der Waals surface area contributed by atoms with Crippen LogP contribution in [0.1, 0.15) is 0 Å². The molecule has 9 rings (SSSR count). The van der Waals surface area contributed by atoms with Crippen molar-refractivity contribution in [3.05, 3.63) is 273 Å². The number of rotatable bonds is 24. The van der Waals surface area contributed by atoms with Gasteiger partial charge in [0.05, 0.1) is 0 Å². The van der Waals surface area contributed by atoms with E-state index in [0.29, 0.717) is 51.7 Å². The van der Waals surface area contributed by atoms with E-state index in [1.807, 2.05) is 164 Å². The summed E-state index contributed by atoms with van der Waals surface area (Å²) < 4.78 is 83.9. The first-order valence-electron chi connectivity index (χ1n) is 22.0. The molecule has 0 aromatic heterocycles. The highest BCUT2D eigenvalue weighted by atomic mass is 31.2. The minimum absolute atomic E-state index is 0.339. The predicted molar refractivity (Wildman–Crippen MR) is 271 cm³/mol. The molecule has 9 aromatic rings. The molecule has 0 fully saturated rings. The third-order valence-corrected chi connectivity index (χ3v) is 18.3. The van der Waals surface area contributed by atoms with Crippen LogP contribution in [0.15, 0.2) is 273 Å². The van der Waals surface area contributed by atoms with Gasteiger partial charge >= 0.3 is 35.7 Å². The average Bonchev–Trinajstić information content (AvgIpc) is 3.39. The monoisotopic (exact) mass is 1000 g/mol. The largest absolute Gasteiger partial charge is 0.899 e. The SMILES string of the molecule is c1ccc(O[Si](Oc2ccccc2)(Oc2ccccc2)OP(O[Si](Oc2ccccc2)(Oc2ccccc2)Oc2ccccc2)O[Si](Oc2ccccc2)(Oc2ccccc2)Oc2ccccc2)cc1. The second kappa shape index (κ2) is 23.4. The average molecular weight is 1000 g/mol. The summed E-state index contributed by atoms with van der Waals surface area (Å²) in [5, 5.41) is 0. The van der Waals surface area contributed by atoms with E-state index in [1.165, 1.54) is 0 Å². The van der Waals surface area contributed by atoms with Crippen LogP contribution in [0.5, 0.6) is 51.7 Å². The standard InChI is InChI=1S/C54H45O12PSi3/c1-10-28-46(29-11-1)55-68(56-47-30-12-2-13-31-47,57-48-32-14-3-15-33-48)64-67(65-69(58-49-34-16-4-17-35-49,59-50-36-18-5-19-37-50)60-51-38-20-6-21-39-51)66-70(61-52-40-22-7-23-41-52,62-53-42-24-8-25-43-53)63-54-44-26-9-27-45-54/h1-45H. The van der Waals surface area contributed by atoms with E-state index in [1.54, 1.807) is 109 Å². The lowest BCUT2D eigenvalue weighted by Gasteiger charge is -2.36. The van der Waals surface area contributed by atoms with Gasteiger partial charge in [0.1, 0.15) is 51.7 Å². The maximum Gasteiger partial charge on any atom is 0.899 e. The summed E-state index contributed by atoms with van der Waals surface area (Å²) in [5.41, 5.74) is 0. The molecular formula is C54H45O12PSi3. The summed E-state index contributed by atoms with van der Waals surface area (Å²) >= 11 is 0. The van der Waals surface area contributed by atoms with Crippen LogP contribution in [0, 0.1) is 0 Å². The zero-order chi connectivity index (χ0) is 47.6. The molecule has 0 atom stereocenters. The van der Waals surface area contributed by atoms with Crippen LogP contribution in [-0.4, -0.2) is 27.1 Å². The van der Waals surface area contributed by atoms with Gasteiger partial charge in [-0.05, 0) is 109 Å². The molecule has 0 N–H and O–H groups in total. The van der Waals surface area contributed by atoms with Gasteiger partial charge in [0.2, 0.25) is 0 Å². The second-order valence-corrected chi connectivity index (χ2v) is 22.2. The summed E-state index contributed by atoms with van der Waals surface area (Å²) in [4.78, 5) is 0. The fourth-order valence-electron chi connectivity index (χ4n) is 6.38. The van der Waals surface area contributed by atoms with Crippen LogP contribution in [0.3, 0.4) is 0 Å². The van der Waals surface area contributed by atoms with Crippen LogP contribution >= 0.6 is 8.60 Å². The van der Waals surface area contributed by atoms with Crippen molar-refractivity contribution >= 4 is 35.7 Å². The summed E-state index contributed by atoms with van der Waals surface area (Å²) in [6, 6.07) is 80.9. The molecule has 0 saturated carbocycles. The normalized spacial score (nSPS) is 11.4. The molecule has 0 heterocycles. The van der Waals surface area contributed by atoms with Gasteiger partial charge in [-0.25, -0.2) is 0 Å². The topological polar surface area (TPSA) is 111 Å². The van der Waals surface area contributed by atoms with Crippen molar-refractivity contribution in [3.63, 3.8) is 0 Å². The van der Waals surface area contributed by atoms with Gasteiger partial charge in [0.25, 0.3) is 0 Å². The first-order chi connectivity index (χ1) is 34.5. The maximum absolute atomic E-state index is 7.27. The van der Waals surface area contributed by atoms with Crippen LogP contribution in [-0.2, 0) is 12.6 Å². The highest BCUT2D eigenvalue weighted by molar-refractivity contribution is 7.46. The summed E-state index contributed by atoms with van der Waals surface area (Å²) in [5.74, 6) is 3.05. The number of para-hydroxylation sites is 9. The van der Waals surface area contributed by atoms with Crippen molar-refractivity contribution in [1.29, 1.82) is 0 Å². The summed E-state index contributed by atoms with van der Waals surface area (Å²) in [6.45, 7) is 0. The Balaban J connectivity index is 1.28. The molecule has 9 aromatic carbocycles. The van der Waals surface area contributed by atoms with Crippen LogP contribution in [0.2, 0.25) is 0 Å². The third-order valence-electron chi connectivity index (χ3n) is 9.43. The Kier molecular flexibility index (Phi) is 15.8. The second-order valence-electron chi connectivity index (χ2n) is 14.7. The maximum atomic E-state index is 7.27. The molecule has 0 saturated heterocycles. The van der Waals surface area contributed by atoms with Crippen molar-refractivity contribution in [2.75, 3.05) is 0 Å². The Morgan fingerprint density at radius 3 is 0.400 bits per heavy atom. The zero-order valence-electron chi connectivity index (χ0n) is 37.3. The molecule has 0 aliphatic rings. The smallest absolute Gasteiger partial charge is 0.462 e. The van der Waals surface area contributed by atoms with Crippen molar-refractivity contribution in [2.45, 2.75) is 0 Å². The molecule has 16 heteroatoms. The highest BCUT2D eigenvalue weighted by Crippen LogP contribution is 2.50. The van der Waals surface area contributed by atoms with E-state index < -0.39 is 35.7 Å². The zero-order valence-corrected chi connectivity index (χ0v) is 41.2. The van der Waals surface area contributed by atoms with Gasteiger partial charge in [0, 0.05) is 0 Å². The number of hydrogen-bond donors (Lipinski definition) is 0. The molecule has 70 heavy (non-hydrogen) atoms. The highest BCUT2D eigenvalue weighted by Gasteiger charge is 2.68. The molecule has 12 nitrogen and oxygen atoms in total. The molecule has 0 radical (unpaired) electrons. The Labute approximate surface area is 411 Å². The van der Waals surface area contributed by atoms with Gasteiger partial charge in [-0.2, -0.15) is 0 Å². The van der Waals surface area contributed by atoms with Crippen molar-refractivity contribution in [2.24, 2.45) is 0 Å². The lowest BCUT2D eigenvalue weighted by molar-refractivity contribution is 0.102. The van der Waals surface area contributed by atoms with Gasteiger partial charge in [0.15, 0.2) is 0 Å². The Bertz CT molecular complexity index is 2270. The van der Waals surface area contributed by atoms with Crippen molar-refractivity contribution < 1.29 is 52.5 Å². The lowest BCUT2D eigenvalue weighted by atomic mass is 10.3. The molecule has 0 unspecified atom stereocenters. The molecule has 0 aliphatic carbocycles. The number of hydrogen-bond acceptors (Lipinski definition) is 12. The minimum atomic E-state index is -4.84. The first kappa shape index (κ1) is 47.2. The summed E-state index contributed by atoms with van der Waals surface area (Å²) in [6.07, 6.45) is 0. The van der Waals surface area contributed by atoms with Crippen molar-refractivity contribution in [1.82, 2.24) is 0 Å². The lowest BCUT2D eigenvalue weighted by Crippen LogP contribution is -2.62. The van der Waals surface area contributed by atoms with Gasteiger partial charge < -0.3 is 39.8 Å². The fourth-order valence-corrected chi connectivity index (χ4v) is 15.6. The molecule has 0 bridgehead atoms. The Morgan fingerprint density at radius 1 is 0.171 bits per heavy atom. The van der Waals surface area contributed by atoms with E-state index in [2.05, 4.69) is 0 Å². The van der Waals surface area contributed by atoms with Crippen molar-refractivity contribution in [3.8, 4) is 51.7 Å². The van der Waals surface area contributed by atoms with Gasteiger partial charge in [-0.3, -0.25) is 12.6 Å². The molecule has 0 amide bonds. The Morgan fingerprint density at radius 2 is 0.286 bits per heavy atom.